The zero-order valence-corrected chi connectivity index (χ0v) is 17.2. The van der Waals surface area contributed by atoms with E-state index in [1.807, 2.05) is 36.4 Å². The van der Waals surface area contributed by atoms with Gasteiger partial charge in [-0.25, -0.2) is 4.98 Å². The van der Waals surface area contributed by atoms with Crippen LogP contribution in [0.4, 0.5) is 0 Å². The van der Waals surface area contributed by atoms with Crippen molar-refractivity contribution >= 4 is 16.7 Å². The summed E-state index contributed by atoms with van der Waals surface area (Å²) in [5.41, 5.74) is 1.84. The first-order chi connectivity index (χ1) is 14.6. The van der Waals surface area contributed by atoms with Crippen molar-refractivity contribution in [1.29, 1.82) is 0 Å². The summed E-state index contributed by atoms with van der Waals surface area (Å²) in [4.78, 5) is 17.1. The van der Waals surface area contributed by atoms with E-state index in [-0.39, 0.29) is 29.5 Å². The number of pyridine rings is 1. The van der Waals surface area contributed by atoms with Crippen LogP contribution < -0.4 is 10.1 Å². The molecule has 2 aromatic carbocycles. The van der Waals surface area contributed by atoms with Crippen LogP contribution in [-0.2, 0) is 4.74 Å². The van der Waals surface area contributed by atoms with Crippen LogP contribution in [0.25, 0.3) is 21.9 Å². The molecule has 1 heterocycles. The quantitative estimate of drug-likeness (QED) is 0.660. The monoisotopic (exact) mass is 406 g/mol. The number of amides is 1. The van der Waals surface area contributed by atoms with Gasteiger partial charge in [0.05, 0.1) is 13.2 Å². The standard InChI is InChI=1S/C24H26N2O4/c1-29-16-12-10-15(11-13-16)26-24(28)22-23(27)19-8-5-7-17(20(19)14-25-22)18-6-3-4-9-21(18)30-2/h3-9,14-16,27H,10-13H2,1-2H3,(H,26,28). The number of benzene rings is 2. The van der Waals surface area contributed by atoms with Crippen molar-refractivity contribution in [3.05, 3.63) is 54.4 Å². The molecule has 1 aliphatic rings. The number of carbonyl (C=O) groups is 1. The highest BCUT2D eigenvalue weighted by molar-refractivity contribution is 6.06. The summed E-state index contributed by atoms with van der Waals surface area (Å²) >= 11 is 0. The molecule has 0 saturated heterocycles. The maximum absolute atomic E-state index is 12.8. The molecule has 0 atom stereocenters. The van der Waals surface area contributed by atoms with E-state index in [0.717, 1.165) is 47.9 Å². The summed E-state index contributed by atoms with van der Waals surface area (Å²) in [6.07, 6.45) is 5.46. The Labute approximate surface area is 175 Å². The molecule has 1 aliphatic carbocycles. The molecular weight excluding hydrogens is 380 g/mol. The van der Waals surface area contributed by atoms with Crippen molar-refractivity contribution in [2.45, 2.75) is 37.8 Å². The summed E-state index contributed by atoms with van der Waals surface area (Å²) in [6, 6.07) is 13.4. The molecule has 30 heavy (non-hydrogen) atoms. The molecular formula is C24H26N2O4. The van der Waals surface area contributed by atoms with Gasteiger partial charge in [-0.15, -0.1) is 0 Å². The molecule has 0 bridgehead atoms. The second-order valence-corrected chi connectivity index (χ2v) is 7.61. The molecule has 156 valence electrons. The average Bonchev–Trinajstić information content (AvgIpc) is 2.79. The molecule has 1 saturated carbocycles. The van der Waals surface area contributed by atoms with Crippen molar-refractivity contribution in [3.8, 4) is 22.6 Å². The van der Waals surface area contributed by atoms with Gasteiger partial charge in [0.2, 0.25) is 0 Å². The minimum absolute atomic E-state index is 0.0496. The highest BCUT2D eigenvalue weighted by atomic mass is 16.5. The number of hydrogen-bond donors (Lipinski definition) is 2. The van der Waals surface area contributed by atoms with Crippen molar-refractivity contribution in [3.63, 3.8) is 0 Å². The SMILES string of the molecule is COc1ccccc1-c1cccc2c(O)c(C(=O)NC3CCC(OC)CC3)ncc12. The maximum Gasteiger partial charge on any atom is 0.273 e. The highest BCUT2D eigenvalue weighted by Gasteiger charge is 2.25. The van der Waals surface area contributed by atoms with E-state index < -0.39 is 0 Å². The number of nitrogens with one attached hydrogen (secondary N) is 1. The first kappa shape index (κ1) is 20.2. The van der Waals surface area contributed by atoms with Crippen molar-refractivity contribution in [2.75, 3.05) is 14.2 Å². The van der Waals surface area contributed by atoms with Crippen molar-refractivity contribution < 1.29 is 19.4 Å². The van der Waals surface area contributed by atoms with Crippen LogP contribution in [0.1, 0.15) is 36.2 Å². The number of rotatable bonds is 5. The van der Waals surface area contributed by atoms with Gasteiger partial charge in [-0.05, 0) is 37.3 Å². The molecule has 0 radical (unpaired) electrons. The number of carbonyl (C=O) groups excluding carboxylic acids is 1. The molecule has 6 heteroatoms. The minimum atomic E-state index is -0.349. The normalized spacial score (nSPS) is 18.9. The van der Waals surface area contributed by atoms with Crippen LogP contribution in [0.3, 0.4) is 0 Å². The van der Waals surface area contributed by atoms with Crippen LogP contribution in [0, 0.1) is 0 Å². The van der Waals surface area contributed by atoms with Gasteiger partial charge >= 0.3 is 0 Å². The fraction of sp³-hybridized carbons (Fsp3) is 0.333. The number of nitrogens with zero attached hydrogens (tertiary/aromatic N) is 1. The molecule has 0 spiro atoms. The van der Waals surface area contributed by atoms with Gasteiger partial charge in [0, 0.05) is 35.7 Å². The lowest BCUT2D eigenvalue weighted by molar-refractivity contribution is 0.0598. The van der Waals surface area contributed by atoms with Crippen molar-refractivity contribution in [1.82, 2.24) is 10.3 Å². The number of fused-ring (bicyclic) bond motifs is 1. The second kappa shape index (κ2) is 8.71. The van der Waals surface area contributed by atoms with E-state index in [2.05, 4.69) is 10.3 Å². The third-order valence-electron chi connectivity index (χ3n) is 5.86. The van der Waals surface area contributed by atoms with Crippen molar-refractivity contribution in [2.24, 2.45) is 0 Å². The summed E-state index contributed by atoms with van der Waals surface area (Å²) in [6.45, 7) is 0. The van der Waals surface area contributed by atoms with Crippen LogP contribution in [0.2, 0.25) is 0 Å². The smallest absolute Gasteiger partial charge is 0.273 e. The summed E-state index contributed by atoms with van der Waals surface area (Å²) < 4.78 is 10.9. The van der Waals surface area contributed by atoms with Crippen LogP contribution >= 0.6 is 0 Å². The number of hydrogen-bond acceptors (Lipinski definition) is 5. The highest BCUT2D eigenvalue weighted by Crippen LogP contribution is 2.37. The number of ether oxygens (including phenoxy) is 2. The number of para-hydroxylation sites is 1. The largest absolute Gasteiger partial charge is 0.505 e. The summed E-state index contributed by atoms with van der Waals surface area (Å²) in [5.74, 6) is 0.281. The Morgan fingerprint density at radius 2 is 1.73 bits per heavy atom. The van der Waals surface area contributed by atoms with E-state index in [4.69, 9.17) is 9.47 Å². The Balaban J connectivity index is 1.64. The Morgan fingerprint density at radius 1 is 1.00 bits per heavy atom. The van der Waals surface area contributed by atoms with Gasteiger partial charge in [-0.3, -0.25) is 4.79 Å². The average molecular weight is 406 g/mol. The van der Waals surface area contributed by atoms with E-state index in [9.17, 15) is 9.90 Å². The lowest BCUT2D eigenvalue weighted by Gasteiger charge is -2.28. The predicted molar refractivity (Wildman–Crippen MR) is 116 cm³/mol. The fourth-order valence-electron chi connectivity index (χ4n) is 4.19. The van der Waals surface area contributed by atoms with E-state index in [0.29, 0.717) is 5.39 Å². The number of aromatic hydroxyl groups is 1. The Hall–Kier alpha value is -3.12. The Morgan fingerprint density at radius 3 is 2.47 bits per heavy atom. The van der Waals surface area contributed by atoms with Crippen LogP contribution in [0.5, 0.6) is 11.5 Å². The summed E-state index contributed by atoms with van der Waals surface area (Å²) in [7, 11) is 3.35. The molecule has 3 aromatic rings. The second-order valence-electron chi connectivity index (χ2n) is 7.61. The molecule has 2 N–H and O–H groups in total. The number of aromatic nitrogens is 1. The van der Waals surface area contributed by atoms with Gasteiger partial charge in [0.25, 0.3) is 5.91 Å². The third kappa shape index (κ3) is 3.83. The molecule has 1 amide bonds. The molecule has 0 aliphatic heterocycles. The third-order valence-corrected chi connectivity index (χ3v) is 5.86. The van der Waals surface area contributed by atoms with Gasteiger partial charge in [-0.1, -0.05) is 36.4 Å². The number of methoxy groups -OCH3 is 2. The van der Waals surface area contributed by atoms with Gasteiger partial charge < -0.3 is 19.9 Å². The van der Waals surface area contributed by atoms with Crippen LogP contribution in [-0.4, -0.2) is 42.4 Å². The zero-order chi connectivity index (χ0) is 21.1. The Kier molecular flexibility index (Phi) is 5.86. The Bertz CT molecular complexity index is 1060. The zero-order valence-electron chi connectivity index (χ0n) is 17.2. The predicted octanol–water partition coefficient (Wildman–Crippen LogP) is 4.30. The van der Waals surface area contributed by atoms with Crippen LogP contribution in [0.15, 0.2) is 48.7 Å². The molecule has 1 fully saturated rings. The molecule has 1 aromatic heterocycles. The first-order valence-electron chi connectivity index (χ1n) is 10.2. The lowest BCUT2D eigenvalue weighted by Crippen LogP contribution is -2.39. The first-order valence-corrected chi connectivity index (χ1v) is 10.2. The molecule has 4 rings (SSSR count). The van der Waals surface area contributed by atoms with E-state index in [1.54, 1.807) is 26.5 Å². The fourth-order valence-corrected chi connectivity index (χ4v) is 4.19. The van der Waals surface area contributed by atoms with Gasteiger partial charge in [-0.2, -0.15) is 0 Å². The van der Waals surface area contributed by atoms with Gasteiger partial charge in [0.15, 0.2) is 11.4 Å². The minimum Gasteiger partial charge on any atom is -0.505 e. The van der Waals surface area contributed by atoms with Gasteiger partial charge in [0.1, 0.15) is 5.75 Å². The lowest BCUT2D eigenvalue weighted by atomic mass is 9.93. The van der Waals surface area contributed by atoms with E-state index >= 15 is 0 Å². The van der Waals surface area contributed by atoms with E-state index in [1.165, 1.54) is 0 Å². The molecule has 0 unspecified atom stereocenters. The topological polar surface area (TPSA) is 80.7 Å². The summed E-state index contributed by atoms with van der Waals surface area (Å²) in [5, 5.41) is 15.2. The maximum atomic E-state index is 12.8. The molecule has 6 nitrogen and oxygen atoms in total.